The monoisotopic (exact) mass is 340 g/mol. The SMILES string of the molecule is CCc1cc2c(NCCCCN(CC)CC)nc(Cl)nc2s1. The smallest absolute Gasteiger partial charge is 0.225 e. The third kappa shape index (κ3) is 4.54. The van der Waals surface area contributed by atoms with Crippen LogP contribution in [0, 0.1) is 0 Å². The molecule has 6 heteroatoms. The Balaban J connectivity index is 1.92. The zero-order valence-electron chi connectivity index (χ0n) is 13.7. The van der Waals surface area contributed by atoms with Crippen molar-refractivity contribution in [3.63, 3.8) is 0 Å². The molecule has 0 aliphatic heterocycles. The summed E-state index contributed by atoms with van der Waals surface area (Å²) in [4.78, 5) is 13.4. The zero-order chi connectivity index (χ0) is 15.9. The lowest BCUT2D eigenvalue weighted by atomic mass is 10.2. The van der Waals surface area contributed by atoms with Crippen LogP contribution in [0.3, 0.4) is 0 Å². The Morgan fingerprint density at radius 2 is 1.95 bits per heavy atom. The van der Waals surface area contributed by atoms with Crippen molar-refractivity contribution in [1.82, 2.24) is 14.9 Å². The Morgan fingerprint density at radius 3 is 2.64 bits per heavy atom. The second kappa shape index (κ2) is 8.65. The summed E-state index contributed by atoms with van der Waals surface area (Å²) in [6, 6.07) is 2.18. The third-order valence-corrected chi connectivity index (χ3v) is 5.20. The maximum absolute atomic E-state index is 6.03. The molecule has 22 heavy (non-hydrogen) atoms. The maximum Gasteiger partial charge on any atom is 0.225 e. The summed E-state index contributed by atoms with van der Waals surface area (Å²) in [6.07, 6.45) is 3.34. The minimum absolute atomic E-state index is 0.322. The molecule has 122 valence electrons. The van der Waals surface area contributed by atoms with E-state index in [1.54, 1.807) is 11.3 Å². The van der Waals surface area contributed by atoms with E-state index in [-0.39, 0.29) is 0 Å². The average Bonchev–Trinajstić information content (AvgIpc) is 2.93. The van der Waals surface area contributed by atoms with Gasteiger partial charge < -0.3 is 10.2 Å². The van der Waals surface area contributed by atoms with Gasteiger partial charge in [0.1, 0.15) is 10.6 Å². The second-order valence-corrected chi connectivity index (χ2v) is 6.74. The molecule has 0 atom stereocenters. The first-order chi connectivity index (χ1) is 10.7. The number of nitrogens with zero attached hydrogens (tertiary/aromatic N) is 3. The predicted molar refractivity (Wildman–Crippen MR) is 97.3 cm³/mol. The first kappa shape index (κ1) is 17.4. The van der Waals surface area contributed by atoms with Gasteiger partial charge in [-0.3, -0.25) is 0 Å². The fraction of sp³-hybridized carbons (Fsp3) is 0.625. The zero-order valence-corrected chi connectivity index (χ0v) is 15.2. The van der Waals surface area contributed by atoms with Crippen molar-refractivity contribution in [2.24, 2.45) is 0 Å². The van der Waals surface area contributed by atoms with Crippen molar-refractivity contribution < 1.29 is 0 Å². The van der Waals surface area contributed by atoms with E-state index in [1.807, 2.05) is 0 Å². The molecular formula is C16H25ClN4S. The Morgan fingerprint density at radius 1 is 1.18 bits per heavy atom. The van der Waals surface area contributed by atoms with Gasteiger partial charge >= 0.3 is 0 Å². The van der Waals surface area contributed by atoms with Gasteiger partial charge in [-0.2, -0.15) is 0 Å². The number of aryl methyl sites for hydroxylation is 1. The minimum Gasteiger partial charge on any atom is -0.369 e. The molecule has 2 aromatic heterocycles. The molecule has 0 saturated carbocycles. The van der Waals surface area contributed by atoms with Gasteiger partial charge in [0.25, 0.3) is 0 Å². The number of nitrogens with one attached hydrogen (secondary N) is 1. The molecule has 2 aromatic rings. The minimum atomic E-state index is 0.322. The number of thiophene rings is 1. The van der Waals surface area contributed by atoms with Gasteiger partial charge in [0.2, 0.25) is 5.28 Å². The third-order valence-electron chi connectivity index (χ3n) is 3.85. The number of fused-ring (bicyclic) bond motifs is 1. The summed E-state index contributed by atoms with van der Waals surface area (Å²) in [6.45, 7) is 10.9. The molecule has 2 heterocycles. The van der Waals surface area contributed by atoms with E-state index in [0.717, 1.165) is 55.1 Å². The highest BCUT2D eigenvalue weighted by Gasteiger charge is 2.10. The molecule has 2 rings (SSSR count). The van der Waals surface area contributed by atoms with Crippen molar-refractivity contribution in [2.75, 3.05) is 31.5 Å². The van der Waals surface area contributed by atoms with E-state index < -0.39 is 0 Å². The van der Waals surface area contributed by atoms with Crippen LogP contribution in [0.15, 0.2) is 6.07 Å². The van der Waals surface area contributed by atoms with E-state index in [9.17, 15) is 0 Å². The first-order valence-electron chi connectivity index (χ1n) is 8.10. The molecule has 0 aliphatic rings. The fourth-order valence-electron chi connectivity index (χ4n) is 2.46. The largest absolute Gasteiger partial charge is 0.369 e. The topological polar surface area (TPSA) is 41.0 Å². The summed E-state index contributed by atoms with van der Waals surface area (Å²) >= 11 is 7.73. The molecule has 0 amide bonds. The molecule has 0 spiro atoms. The summed E-state index contributed by atoms with van der Waals surface area (Å²) < 4.78 is 0. The Bertz CT molecular complexity index is 595. The molecular weight excluding hydrogens is 316 g/mol. The number of anilines is 1. The van der Waals surface area contributed by atoms with Crippen molar-refractivity contribution in [1.29, 1.82) is 0 Å². The number of aromatic nitrogens is 2. The first-order valence-corrected chi connectivity index (χ1v) is 9.29. The van der Waals surface area contributed by atoms with Gasteiger partial charge in [0.05, 0.1) is 5.39 Å². The van der Waals surface area contributed by atoms with Crippen LogP contribution in [0.5, 0.6) is 0 Å². The highest BCUT2D eigenvalue weighted by atomic mass is 35.5. The molecule has 0 saturated heterocycles. The van der Waals surface area contributed by atoms with Gasteiger partial charge in [-0.15, -0.1) is 11.3 Å². The van der Waals surface area contributed by atoms with Crippen LogP contribution < -0.4 is 5.32 Å². The lowest BCUT2D eigenvalue weighted by molar-refractivity contribution is 0.298. The average molecular weight is 341 g/mol. The van der Waals surface area contributed by atoms with Crippen molar-refractivity contribution in [2.45, 2.75) is 40.0 Å². The molecule has 0 bridgehead atoms. The van der Waals surface area contributed by atoms with Gasteiger partial charge in [-0.05, 0) is 56.6 Å². The molecule has 4 nitrogen and oxygen atoms in total. The number of hydrogen-bond acceptors (Lipinski definition) is 5. The molecule has 0 fully saturated rings. The summed E-state index contributed by atoms with van der Waals surface area (Å²) in [5, 5.41) is 4.84. The van der Waals surface area contributed by atoms with Gasteiger partial charge in [-0.1, -0.05) is 20.8 Å². The standard InChI is InChI=1S/C16H25ClN4S/c1-4-12-11-13-14(19-16(17)20-15(13)22-12)18-9-7-8-10-21(5-2)6-3/h11H,4-10H2,1-3H3,(H,18,19,20). The van der Waals surface area contributed by atoms with Crippen LogP contribution in [0.2, 0.25) is 5.28 Å². The molecule has 1 N–H and O–H groups in total. The molecule has 0 unspecified atom stereocenters. The van der Waals surface area contributed by atoms with Crippen LogP contribution in [-0.2, 0) is 6.42 Å². The normalized spacial score (nSPS) is 11.5. The van der Waals surface area contributed by atoms with Crippen molar-refractivity contribution >= 4 is 39.0 Å². The lowest BCUT2D eigenvalue weighted by Crippen LogP contribution is -2.24. The number of hydrogen-bond donors (Lipinski definition) is 1. The summed E-state index contributed by atoms with van der Waals surface area (Å²) in [7, 11) is 0. The van der Waals surface area contributed by atoms with Crippen LogP contribution in [0.25, 0.3) is 10.2 Å². The van der Waals surface area contributed by atoms with E-state index >= 15 is 0 Å². The van der Waals surface area contributed by atoms with Gasteiger partial charge in [-0.25, -0.2) is 9.97 Å². The lowest BCUT2D eigenvalue weighted by Gasteiger charge is -2.17. The van der Waals surface area contributed by atoms with E-state index in [1.165, 1.54) is 11.3 Å². The molecule has 0 aromatic carbocycles. The van der Waals surface area contributed by atoms with Gasteiger partial charge in [0.15, 0.2) is 0 Å². The number of unbranched alkanes of at least 4 members (excludes halogenated alkanes) is 1. The molecule has 0 aliphatic carbocycles. The van der Waals surface area contributed by atoms with Crippen molar-refractivity contribution in [3.05, 3.63) is 16.2 Å². The van der Waals surface area contributed by atoms with Crippen LogP contribution in [0.4, 0.5) is 5.82 Å². The van der Waals surface area contributed by atoms with E-state index in [0.29, 0.717) is 5.28 Å². The summed E-state index contributed by atoms with van der Waals surface area (Å²) in [5.41, 5.74) is 0. The van der Waals surface area contributed by atoms with E-state index in [4.69, 9.17) is 11.6 Å². The quantitative estimate of drug-likeness (QED) is 0.541. The van der Waals surface area contributed by atoms with E-state index in [2.05, 4.69) is 47.0 Å². The fourth-order valence-corrected chi connectivity index (χ4v) is 3.65. The second-order valence-electron chi connectivity index (χ2n) is 5.29. The Labute approximate surface area is 141 Å². The number of halogens is 1. The summed E-state index contributed by atoms with van der Waals surface area (Å²) in [5.74, 6) is 0.869. The number of rotatable bonds is 9. The Kier molecular flexibility index (Phi) is 6.86. The van der Waals surface area contributed by atoms with Crippen LogP contribution in [0.1, 0.15) is 38.5 Å². The van der Waals surface area contributed by atoms with Gasteiger partial charge in [0, 0.05) is 11.4 Å². The van der Waals surface area contributed by atoms with Crippen molar-refractivity contribution in [3.8, 4) is 0 Å². The highest BCUT2D eigenvalue weighted by molar-refractivity contribution is 7.18. The predicted octanol–water partition coefficient (Wildman–Crippen LogP) is 4.44. The molecule has 0 radical (unpaired) electrons. The van der Waals surface area contributed by atoms with Crippen LogP contribution >= 0.6 is 22.9 Å². The van der Waals surface area contributed by atoms with Crippen LogP contribution in [-0.4, -0.2) is 41.0 Å². The highest BCUT2D eigenvalue weighted by Crippen LogP contribution is 2.30. The Hall–Kier alpha value is -0.910. The maximum atomic E-state index is 6.03.